The SMILES string of the molecule is CCCCCCC/C=C\C/C=C\C/C=C\CCCCCCCCCCCCCCCCCCCCCCCCCCC(=O)OC(COC(=O)CCCCCCCCCCCCCCCCCCCC/C=C\C/C=C\C/C=C\CCCCCCC)COP(=O)([O-])OCC[N+](C)(C)C. The summed E-state index contributed by atoms with van der Waals surface area (Å²) in [4.78, 5) is 38.2. The average molecular weight is 1370 g/mol. The number of esters is 2. The number of likely N-dealkylation sites (N-methyl/N-ethyl adjacent to an activating group) is 1. The molecule has 2 unspecified atom stereocenters. The Morgan fingerprint density at radius 1 is 0.323 bits per heavy atom. The highest BCUT2D eigenvalue weighted by molar-refractivity contribution is 7.45. The standard InChI is InChI=1S/C86H160NO8P/c1-6-8-10-12-14-16-18-20-22-24-26-28-30-32-34-36-38-40-41-42-43-44-45-47-49-51-53-55-57-59-61-63-65-67-69-71-73-75-77-79-86(89)95-84(83-94-96(90,91)93-81-80-87(3,4)5)82-92-85(88)78-76-74-72-70-68-66-64-62-60-58-56-54-52-50-48-46-39-37-35-33-31-29-27-25-23-21-19-17-15-13-11-9-7-2/h18-21,24-27,30-33,84H,6-17,22-23,28-29,34-83H2,1-5H3/b20-18-,21-19-,26-24-,27-25-,32-30-,33-31-. The summed E-state index contributed by atoms with van der Waals surface area (Å²) in [6.07, 6.45) is 105. The smallest absolute Gasteiger partial charge is 0.306 e. The Morgan fingerprint density at radius 3 is 0.833 bits per heavy atom. The van der Waals surface area contributed by atoms with E-state index in [0.717, 1.165) is 57.8 Å². The van der Waals surface area contributed by atoms with Crippen molar-refractivity contribution in [2.45, 2.75) is 418 Å². The van der Waals surface area contributed by atoms with E-state index in [1.165, 1.54) is 321 Å². The Balaban J connectivity index is 3.91. The van der Waals surface area contributed by atoms with Crippen LogP contribution in [0, 0.1) is 0 Å². The van der Waals surface area contributed by atoms with Crippen LogP contribution in [0.3, 0.4) is 0 Å². The molecule has 0 saturated heterocycles. The van der Waals surface area contributed by atoms with Crippen LogP contribution in [0.15, 0.2) is 72.9 Å². The second-order valence-electron chi connectivity index (χ2n) is 29.5. The molecule has 0 rings (SSSR count). The van der Waals surface area contributed by atoms with Gasteiger partial charge in [0.1, 0.15) is 19.8 Å². The number of phosphoric acid groups is 1. The fourth-order valence-corrected chi connectivity index (χ4v) is 13.1. The number of carbonyl (C=O) groups is 2. The lowest BCUT2D eigenvalue weighted by atomic mass is 10.0. The molecule has 0 amide bonds. The quantitative estimate of drug-likeness (QED) is 0.0195. The predicted molar refractivity (Wildman–Crippen MR) is 416 cm³/mol. The van der Waals surface area contributed by atoms with Crippen LogP contribution in [0.4, 0.5) is 0 Å². The van der Waals surface area contributed by atoms with Gasteiger partial charge in [0.05, 0.1) is 27.7 Å². The molecular formula is C86H160NO8P. The molecule has 0 radical (unpaired) electrons. The first kappa shape index (κ1) is 93.5. The van der Waals surface area contributed by atoms with Gasteiger partial charge in [-0.2, -0.15) is 0 Å². The number of unbranched alkanes of at least 4 members (excludes halogenated alkanes) is 52. The normalized spacial score (nSPS) is 13.4. The number of phosphoric ester groups is 1. The van der Waals surface area contributed by atoms with Crippen LogP contribution in [0.1, 0.15) is 412 Å². The molecule has 0 saturated carbocycles. The Labute approximate surface area is 597 Å². The minimum Gasteiger partial charge on any atom is -0.756 e. The summed E-state index contributed by atoms with van der Waals surface area (Å²) < 4.78 is 34.5. The third-order valence-corrected chi connectivity index (χ3v) is 19.7. The molecule has 0 aromatic rings. The van der Waals surface area contributed by atoms with Gasteiger partial charge in [0.25, 0.3) is 7.82 Å². The van der Waals surface area contributed by atoms with E-state index in [9.17, 15) is 19.0 Å². The topological polar surface area (TPSA) is 111 Å². The van der Waals surface area contributed by atoms with Gasteiger partial charge in [-0.1, -0.05) is 382 Å². The summed E-state index contributed by atoms with van der Waals surface area (Å²) >= 11 is 0. The number of carbonyl (C=O) groups excluding carboxylic acids is 2. The van der Waals surface area contributed by atoms with Gasteiger partial charge in [-0.05, 0) is 89.9 Å². The zero-order valence-corrected chi connectivity index (χ0v) is 65.2. The van der Waals surface area contributed by atoms with E-state index < -0.39 is 26.5 Å². The lowest BCUT2D eigenvalue weighted by molar-refractivity contribution is -0.870. The lowest BCUT2D eigenvalue weighted by Gasteiger charge is -2.28. The maximum Gasteiger partial charge on any atom is 0.306 e. The first-order valence-corrected chi connectivity index (χ1v) is 43.1. The van der Waals surface area contributed by atoms with E-state index in [4.69, 9.17) is 18.5 Å². The van der Waals surface area contributed by atoms with Gasteiger partial charge < -0.3 is 27.9 Å². The lowest BCUT2D eigenvalue weighted by Crippen LogP contribution is -2.37. The molecule has 0 aromatic heterocycles. The first-order valence-electron chi connectivity index (χ1n) is 41.6. The summed E-state index contributed by atoms with van der Waals surface area (Å²) in [5.74, 6) is -0.812. The molecule has 96 heavy (non-hydrogen) atoms. The molecule has 0 heterocycles. The fraction of sp³-hybridized carbons (Fsp3) is 0.837. The van der Waals surface area contributed by atoms with E-state index in [0.29, 0.717) is 17.4 Å². The molecule has 9 nitrogen and oxygen atoms in total. The van der Waals surface area contributed by atoms with E-state index in [2.05, 4.69) is 86.8 Å². The van der Waals surface area contributed by atoms with E-state index in [-0.39, 0.29) is 32.0 Å². The second kappa shape index (κ2) is 76.6. The highest BCUT2D eigenvalue weighted by Crippen LogP contribution is 2.38. The van der Waals surface area contributed by atoms with Crippen molar-refractivity contribution in [3.63, 3.8) is 0 Å². The van der Waals surface area contributed by atoms with Crippen LogP contribution in [0.25, 0.3) is 0 Å². The number of ether oxygens (including phenoxy) is 2. The Bertz CT molecular complexity index is 1850. The Hall–Kier alpha value is -2.55. The first-order chi connectivity index (χ1) is 47.0. The van der Waals surface area contributed by atoms with E-state index in [1.54, 1.807) is 0 Å². The molecule has 2 atom stereocenters. The molecule has 562 valence electrons. The maximum absolute atomic E-state index is 12.9. The van der Waals surface area contributed by atoms with Gasteiger partial charge in [-0.3, -0.25) is 14.2 Å². The molecular weight excluding hydrogens is 1210 g/mol. The summed E-state index contributed by atoms with van der Waals surface area (Å²) in [6.45, 7) is 4.28. The van der Waals surface area contributed by atoms with E-state index in [1.807, 2.05) is 21.1 Å². The zero-order chi connectivity index (χ0) is 69.7. The highest BCUT2D eigenvalue weighted by atomic mass is 31.2. The van der Waals surface area contributed by atoms with Crippen molar-refractivity contribution in [1.29, 1.82) is 0 Å². The van der Waals surface area contributed by atoms with Gasteiger partial charge in [0.2, 0.25) is 0 Å². The van der Waals surface area contributed by atoms with Gasteiger partial charge in [-0.15, -0.1) is 0 Å². The number of allylic oxidation sites excluding steroid dienone is 12. The van der Waals surface area contributed by atoms with Crippen LogP contribution in [-0.2, 0) is 32.7 Å². The van der Waals surface area contributed by atoms with Crippen LogP contribution in [0.2, 0.25) is 0 Å². The van der Waals surface area contributed by atoms with Gasteiger partial charge in [0, 0.05) is 12.8 Å². The summed E-state index contributed by atoms with van der Waals surface area (Å²) in [5, 5.41) is 0. The molecule has 0 N–H and O–H groups in total. The maximum atomic E-state index is 12.9. The van der Waals surface area contributed by atoms with Crippen molar-refractivity contribution in [3.05, 3.63) is 72.9 Å². The number of quaternary nitrogens is 1. The van der Waals surface area contributed by atoms with Gasteiger partial charge in [-0.25, -0.2) is 0 Å². The Morgan fingerprint density at radius 2 is 0.562 bits per heavy atom. The Kier molecular flexibility index (Phi) is 74.6. The molecule has 0 bridgehead atoms. The van der Waals surface area contributed by atoms with Crippen molar-refractivity contribution in [2.75, 3.05) is 47.5 Å². The molecule has 0 aliphatic carbocycles. The zero-order valence-electron chi connectivity index (χ0n) is 64.3. The fourth-order valence-electron chi connectivity index (χ4n) is 12.3. The minimum atomic E-state index is -4.65. The summed E-state index contributed by atoms with van der Waals surface area (Å²) in [5.41, 5.74) is 0. The average Bonchev–Trinajstić information content (AvgIpc) is 1.98. The molecule has 0 fully saturated rings. The minimum absolute atomic E-state index is 0.0293. The van der Waals surface area contributed by atoms with Crippen molar-refractivity contribution < 1.29 is 42.1 Å². The molecule has 0 aliphatic rings. The van der Waals surface area contributed by atoms with Crippen molar-refractivity contribution in [2.24, 2.45) is 0 Å². The number of hydrogen-bond donors (Lipinski definition) is 0. The molecule has 0 aromatic carbocycles. The van der Waals surface area contributed by atoms with E-state index >= 15 is 0 Å². The summed E-state index contributed by atoms with van der Waals surface area (Å²) in [7, 11) is 1.18. The van der Waals surface area contributed by atoms with Crippen molar-refractivity contribution in [1.82, 2.24) is 0 Å². The highest BCUT2D eigenvalue weighted by Gasteiger charge is 2.22. The number of nitrogens with zero attached hydrogens (tertiary/aromatic N) is 1. The largest absolute Gasteiger partial charge is 0.756 e. The monoisotopic (exact) mass is 1370 g/mol. The number of rotatable bonds is 78. The van der Waals surface area contributed by atoms with Crippen LogP contribution < -0.4 is 4.89 Å². The van der Waals surface area contributed by atoms with Gasteiger partial charge >= 0.3 is 11.9 Å². The van der Waals surface area contributed by atoms with Crippen molar-refractivity contribution >= 4 is 19.8 Å². The summed E-state index contributed by atoms with van der Waals surface area (Å²) in [6, 6.07) is 0. The molecule has 0 spiro atoms. The van der Waals surface area contributed by atoms with Gasteiger partial charge in [0.15, 0.2) is 6.10 Å². The molecule has 10 heteroatoms. The van der Waals surface area contributed by atoms with Crippen molar-refractivity contribution in [3.8, 4) is 0 Å². The van der Waals surface area contributed by atoms with Crippen LogP contribution >= 0.6 is 7.82 Å². The molecule has 0 aliphatic heterocycles. The van der Waals surface area contributed by atoms with Crippen LogP contribution in [0.5, 0.6) is 0 Å². The second-order valence-corrected chi connectivity index (χ2v) is 30.9. The third-order valence-electron chi connectivity index (χ3n) is 18.7. The van der Waals surface area contributed by atoms with Crippen LogP contribution in [-0.4, -0.2) is 70.0 Å². The number of hydrogen-bond acceptors (Lipinski definition) is 8. The third kappa shape index (κ3) is 80.4. The predicted octanol–water partition coefficient (Wildman–Crippen LogP) is 27.2.